The molecule has 3 heteroatoms. The molecule has 1 unspecified atom stereocenters. The van der Waals surface area contributed by atoms with Crippen LogP contribution in [0.2, 0.25) is 0 Å². The Bertz CT molecular complexity index is 593. The van der Waals surface area contributed by atoms with Gasteiger partial charge in [-0.2, -0.15) is 0 Å². The zero-order chi connectivity index (χ0) is 16.4. The highest BCUT2D eigenvalue weighted by Crippen LogP contribution is 2.51. The Morgan fingerprint density at radius 2 is 2.00 bits per heavy atom. The van der Waals surface area contributed by atoms with Crippen LogP contribution >= 0.6 is 0 Å². The summed E-state index contributed by atoms with van der Waals surface area (Å²) in [6.45, 7) is 4.11. The van der Waals surface area contributed by atoms with Gasteiger partial charge in [0.2, 0.25) is 0 Å². The molecule has 0 saturated heterocycles. The quantitative estimate of drug-likeness (QED) is 0.743. The monoisotopic (exact) mass is 313 g/mol. The van der Waals surface area contributed by atoms with Crippen molar-refractivity contribution in [1.82, 2.24) is 0 Å². The molecule has 3 nitrogen and oxygen atoms in total. The lowest BCUT2D eigenvalue weighted by Crippen LogP contribution is -2.31. The first-order valence-corrected chi connectivity index (χ1v) is 8.76. The minimum atomic E-state index is -0.808. The van der Waals surface area contributed by atoms with Crippen molar-refractivity contribution < 1.29 is 14.6 Å². The Labute approximate surface area is 138 Å². The van der Waals surface area contributed by atoms with Crippen molar-refractivity contribution in [3.05, 3.63) is 47.2 Å². The van der Waals surface area contributed by atoms with Crippen molar-refractivity contribution in [2.24, 2.45) is 5.92 Å². The number of benzene rings is 1. The Kier molecular flexibility index (Phi) is 4.47. The summed E-state index contributed by atoms with van der Waals surface area (Å²) in [5.41, 5.74) is 0.659. The number of cyclic esters (lactones) is 1. The molecule has 1 heterocycles. The highest BCUT2D eigenvalue weighted by atomic mass is 16.6. The van der Waals surface area contributed by atoms with Crippen LogP contribution in [0.1, 0.15) is 63.9 Å². The lowest BCUT2D eigenvalue weighted by molar-refractivity contribution is -0.149. The number of carbonyl (C=O) groups is 1. The van der Waals surface area contributed by atoms with Crippen LogP contribution in [0, 0.1) is 12.0 Å². The van der Waals surface area contributed by atoms with Crippen molar-refractivity contribution in [1.29, 1.82) is 0 Å². The molecule has 1 radical (unpaired) electrons. The fraction of sp³-hybridized carbons (Fsp3) is 0.550. The molecule has 23 heavy (non-hydrogen) atoms. The summed E-state index contributed by atoms with van der Waals surface area (Å²) in [6, 6.07) is 11.0. The molecule has 0 aromatic heterocycles. The zero-order valence-corrected chi connectivity index (χ0v) is 14.0. The van der Waals surface area contributed by atoms with Gasteiger partial charge in [0.25, 0.3) is 0 Å². The number of hydrogen-bond donors (Lipinski definition) is 1. The Morgan fingerprint density at radius 1 is 1.30 bits per heavy atom. The van der Waals surface area contributed by atoms with Crippen molar-refractivity contribution >= 4 is 5.97 Å². The Balaban J connectivity index is 2.04. The molecular formula is C20H25O3. The second-order valence-electron chi connectivity index (χ2n) is 6.78. The molecular weight excluding hydrogens is 288 g/mol. The first kappa shape index (κ1) is 16.1. The van der Waals surface area contributed by atoms with Crippen LogP contribution in [0.25, 0.3) is 0 Å². The first-order valence-electron chi connectivity index (χ1n) is 8.76. The van der Waals surface area contributed by atoms with Crippen LogP contribution in [-0.2, 0) is 9.53 Å². The van der Waals surface area contributed by atoms with Crippen molar-refractivity contribution in [3.63, 3.8) is 0 Å². The molecule has 1 aliphatic carbocycles. The SMILES string of the molecule is CCCC1(CCC)OC(=O)C(C(c2[c]cccc2)C2CC2)=C1O. The fourth-order valence-electron chi connectivity index (χ4n) is 3.84. The maximum Gasteiger partial charge on any atom is 0.339 e. The summed E-state index contributed by atoms with van der Waals surface area (Å²) in [5, 5.41) is 11.0. The average molecular weight is 313 g/mol. The summed E-state index contributed by atoms with van der Waals surface area (Å²) >= 11 is 0. The lowest BCUT2D eigenvalue weighted by Gasteiger charge is -2.27. The summed E-state index contributed by atoms with van der Waals surface area (Å²) in [7, 11) is 0. The number of esters is 1. The molecule has 3 rings (SSSR count). The van der Waals surface area contributed by atoms with Crippen molar-refractivity contribution in [3.8, 4) is 0 Å². The van der Waals surface area contributed by atoms with E-state index in [2.05, 4.69) is 19.9 Å². The van der Waals surface area contributed by atoms with Gasteiger partial charge in [-0.3, -0.25) is 0 Å². The molecule has 1 N–H and O–H groups in total. The van der Waals surface area contributed by atoms with Crippen molar-refractivity contribution in [2.45, 2.75) is 63.9 Å². The van der Waals surface area contributed by atoms with E-state index in [0.29, 0.717) is 24.3 Å². The summed E-state index contributed by atoms with van der Waals surface area (Å²) < 4.78 is 5.76. The molecule has 2 aliphatic rings. The summed E-state index contributed by atoms with van der Waals surface area (Å²) in [5.74, 6) is 0.176. The number of aliphatic hydroxyl groups excluding tert-OH is 1. The highest BCUT2D eigenvalue weighted by molar-refractivity contribution is 5.94. The Morgan fingerprint density at radius 3 is 2.52 bits per heavy atom. The summed E-state index contributed by atoms with van der Waals surface area (Å²) in [4.78, 5) is 12.6. The van der Waals surface area contributed by atoms with Gasteiger partial charge in [-0.15, -0.1) is 0 Å². The van der Waals surface area contributed by atoms with Gasteiger partial charge in [-0.05, 0) is 43.2 Å². The largest absolute Gasteiger partial charge is 0.507 e. The molecule has 0 bridgehead atoms. The maximum absolute atomic E-state index is 12.6. The number of aliphatic hydroxyl groups is 1. The van der Waals surface area contributed by atoms with Gasteiger partial charge in [-0.1, -0.05) is 51.0 Å². The predicted octanol–water partition coefficient (Wildman–Crippen LogP) is 4.69. The van der Waals surface area contributed by atoms with Crippen LogP contribution in [0.3, 0.4) is 0 Å². The molecule has 1 fully saturated rings. The van der Waals surface area contributed by atoms with Crippen LogP contribution in [0.4, 0.5) is 0 Å². The molecule has 1 aromatic rings. The van der Waals surface area contributed by atoms with Gasteiger partial charge in [0.05, 0.1) is 5.57 Å². The minimum absolute atomic E-state index is 0.0840. The lowest BCUT2D eigenvalue weighted by atomic mass is 9.82. The topological polar surface area (TPSA) is 46.5 Å². The number of hydrogen-bond acceptors (Lipinski definition) is 3. The second kappa shape index (κ2) is 6.38. The standard InChI is InChI=1S/C20H25O3/c1-3-12-20(13-4-2)18(21)17(19(22)23-20)16(15-10-11-15)14-8-6-5-7-9-14/h5-8,15-16,21H,3-4,10-13H2,1-2H3. The minimum Gasteiger partial charge on any atom is -0.507 e. The molecule has 1 aromatic carbocycles. The van der Waals surface area contributed by atoms with Gasteiger partial charge < -0.3 is 9.84 Å². The van der Waals surface area contributed by atoms with E-state index in [1.165, 1.54) is 0 Å². The fourth-order valence-corrected chi connectivity index (χ4v) is 3.84. The zero-order valence-electron chi connectivity index (χ0n) is 14.0. The van der Waals surface area contributed by atoms with Gasteiger partial charge in [-0.25, -0.2) is 4.79 Å². The van der Waals surface area contributed by atoms with Gasteiger partial charge in [0.1, 0.15) is 5.76 Å². The second-order valence-corrected chi connectivity index (χ2v) is 6.78. The van der Waals surface area contributed by atoms with Crippen molar-refractivity contribution in [2.75, 3.05) is 0 Å². The Hall–Kier alpha value is -1.77. The number of carbonyl (C=O) groups excluding carboxylic acids is 1. The van der Waals surface area contributed by atoms with Crippen LogP contribution in [0.5, 0.6) is 0 Å². The number of ether oxygens (including phenoxy) is 1. The van der Waals surface area contributed by atoms with E-state index >= 15 is 0 Å². The normalized spacial score (nSPS) is 21.4. The molecule has 1 atom stereocenters. The van der Waals surface area contributed by atoms with E-state index in [4.69, 9.17) is 4.74 Å². The third kappa shape index (κ3) is 2.89. The average Bonchev–Trinajstić information content (AvgIpc) is 3.34. The summed E-state index contributed by atoms with van der Waals surface area (Å²) in [6.07, 6.45) is 5.28. The molecule has 1 aliphatic heterocycles. The predicted molar refractivity (Wildman–Crippen MR) is 89.0 cm³/mol. The van der Waals surface area contributed by atoms with E-state index in [9.17, 15) is 9.90 Å². The van der Waals surface area contributed by atoms with Gasteiger partial charge in [0, 0.05) is 5.92 Å². The van der Waals surface area contributed by atoms with Crippen LogP contribution in [-0.4, -0.2) is 16.7 Å². The van der Waals surface area contributed by atoms with E-state index < -0.39 is 5.60 Å². The van der Waals surface area contributed by atoms with Gasteiger partial charge in [0.15, 0.2) is 5.60 Å². The molecule has 0 spiro atoms. The third-order valence-electron chi connectivity index (χ3n) is 4.97. The molecule has 123 valence electrons. The van der Waals surface area contributed by atoms with Gasteiger partial charge >= 0.3 is 5.97 Å². The third-order valence-corrected chi connectivity index (χ3v) is 4.97. The van der Waals surface area contributed by atoms with Crippen LogP contribution < -0.4 is 0 Å². The smallest absolute Gasteiger partial charge is 0.339 e. The van der Waals surface area contributed by atoms with E-state index in [1.54, 1.807) is 0 Å². The van der Waals surface area contributed by atoms with Crippen LogP contribution in [0.15, 0.2) is 35.6 Å². The molecule has 0 amide bonds. The maximum atomic E-state index is 12.6. The first-order chi connectivity index (χ1) is 11.1. The van der Waals surface area contributed by atoms with E-state index in [0.717, 1.165) is 31.2 Å². The van der Waals surface area contributed by atoms with E-state index in [1.807, 2.05) is 24.3 Å². The van der Waals surface area contributed by atoms with E-state index in [-0.39, 0.29) is 17.6 Å². The molecule has 1 saturated carbocycles. The highest BCUT2D eigenvalue weighted by Gasteiger charge is 2.51. The number of rotatable bonds is 7.